The Morgan fingerprint density at radius 2 is 2.33 bits per heavy atom. The highest BCUT2D eigenvalue weighted by Crippen LogP contribution is 2.28. The summed E-state index contributed by atoms with van der Waals surface area (Å²) in [4.78, 5) is 28.7. The molecule has 7 heteroatoms. The number of aromatic nitrogens is 1. The Labute approximate surface area is 109 Å². The van der Waals surface area contributed by atoms with Crippen LogP contribution in [0.5, 0.6) is 0 Å². The molecule has 2 rings (SSSR count). The van der Waals surface area contributed by atoms with Gasteiger partial charge in [-0.25, -0.2) is 4.98 Å². The summed E-state index contributed by atoms with van der Waals surface area (Å²) >= 11 is 6.18. The zero-order chi connectivity index (χ0) is 13.3. The quantitative estimate of drug-likeness (QED) is 0.740. The number of imide groups is 1. The van der Waals surface area contributed by atoms with Crippen LogP contribution in [-0.2, 0) is 16.1 Å². The van der Waals surface area contributed by atoms with E-state index in [1.54, 1.807) is 24.1 Å². The van der Waals surface area contributed by atoms with Gasteiger partial charge < -0.3 is 10.6 Å². The molecule has 0 radical (unpaired) electrons. The molecule has 1 saturated heterocycles. The molecule has 1 fully saturated rings. The molecule has 1 aliphatic heterocycles. The Morgan fingerprint density at radius 3 is 3.00 bits per heavy atom. The summed E-state index contributed by atoms with van der Waals surface area (Å²) < 4.78 is 0. The molecule has 2 heterocycles. The maximum Gasteiger partial charge on any atom is 0.249 e. The van der Waals surface area contributed by atoms with Crippen LogP contribution in [0.4, 0.5) is 5.82 Å². The lowest BCUT2D eigenvalue weighted by molar-refractivity contribution is -0.132. The average molecular weight is 269 g/mol. The van der Waals surface area contributed by atoms with Crippen LogP contribution in [0.3, 0.4) is 0 Å². The number of halogens is 1. The van der Waals surface area contributed by atoms with Crippen molar-refractivity contribution >= 4 is 29.2 Å². The summed E-state index contributed by atoms with van der Waals surface area (Å²) in [6.45, 7) is 2.01. The number of hydrogen-bond donors (Lipinski definition) is 2. The van der Waals surface area contributed by atoms with E-state index >= 15 is 0 Å². The van der Waals surface area contributed by atoms with Gasteiger partial charge in [0.15, 0.2) is 0 Å². The Balaban J connectivity index is 2.41. The van der Waals surface area contributed by atoms with Gasteiger partial charge in [0.2, 0.25) is 11.8 Å². The van der Waals surface area contributed by atoms with Gasteiger partial charge in [-0.15, -0.1) is 0 Å². The summed E-state index contributed by atoms with van der Waals surface area (Å²) in [6.07, 6.45) is 1.56. The molecule has 1 aliphatic rings. The monoisotopic (exact) mass is 268 g/mol. The highest BCUT2D eigenvalue weighted by molar-refractivity contribution is 6.34. The van der Waals surface area contributed by atoms with Gasteiger partial charge in [-0.05, 0) is 18.6 Å². The van der Waals surface area contributed by atoms with E-state index < -0.39 is 6.04 Å². The van der Waals surface area contributed by atoms with E-state index in [9.17, 15) is 9.59 Å². The molecule has 0 spiro atoms. The van der Waals surface area contributed by atoms with Crippen molar-refractivity contribution in [2.75, 3.05) is 11.4 Å². The van der Waals surface area contributed by atoms with E-state index in [0.29, 0.717) is 10.8 Å². The Kier molecular flexibility index (Phi) is 3.49. The zero-order valence-electron chi connectivity index (χ0n) is 9.81. The van der Waals surface area contributed by atoms with Gasteiger partial charge in [0.1, 0.15) is 11.9 Å². The minimum Gasteiger partial charge on any atom is -0.334 e. The maximum atomic E-state index is 11.6. The smallest absolute Gasteiger partial charge is 0.249 e. The number of rotatable bonds is 2. The molecule has 6 nitrogen and oxygen atoms in total. The number of carbonyl (C=O) groups excluding carboxylic acids is 2. The minimum absolute atomic E-state index is 0.0493. The lowest BCUT2D eigenvalue weighted by Crippen LogP contribution is -2.57. The third-order valence-electron chi connectivity index (χ3n) is 2.87. The van der Waals surface area contributed by atoms with Crippen molar-refractivity contribution in [3.8, 4) is 0 Å². The van der Waals surface area contributed by atoms with Crippen molar-refractivity contribution in [1.82, 2.24) is 10.3 Å². The van der Waals surface area contributed by atoms with Crippen molar-refractivity contribution in [3.63, 3.8) is 0 Å². The first-order valence-corrected chi connectivity index (χ1v) is 5.86. The van der Waals surface area contributed by atoms with Crippen LogP contribution in [0.1, 0.15) is 12.5 Å². The van der Waals surface area contributed by atoms with E-state index in [0.717, 1.165) is 5.56 Å². The standard InChI is InChI=1S/C11H13ClN4O2/c1-6-11(18)15-8(17)5-16(6)10-9(12)7(4-13)2-3-14-10/h2-3,6H,4-5,13H2,1H3,(H,15,17,18). The van der Waals surface area contributed by atoms with Gasteiger partial charge in [-0.1, -0.05) is 11.6 Å². The van der Waals surface area contributed by atoms with E-state index in [-0.39, 0.29) is 24.9 Å². The molecular weight excluding hydrogens is 256 g/mol. The fourth-order valence-electron chi connectivity index (χ4n) is 1.80. The van der Waals surface area contributed by atoms with Gasteiger partial charge >= 0.3 is 0 Å². The van der Waals surface area contributed by atoms with Crippen LogP contribution in [0.25, 0.3) is 0 Å². The molecule has 0 aliphatic carbocycles. The van der Waals surface area contributed by atoms with Crippen molar-refractivity contribution in [3.05, 3.63) is 22.8 Å². The first kappa shape index (κ1) is 12.8. The van der Waals surface area contributed by atoms with Crippen molar-refractivity contribution in [1.29, 1.82) is 0 Å². The fourth-order valence-corrected chi connectivity index (χ4v) is 2.10. The highest BCUT2D eigenvalue weighted by Gasteiger charge is 2.32. The number of nitrogens with two attached hydrogens (primary N) is 1. The summed E-state index contributed by atoms with van der Waals surface area (Å²) in [5, 5.41) is 2.65. The molecule has 96 valence electrons. The van der Waals surface area contributed by atoms with Crippen LogP contribution in [-0.4, -0.2) is 29.4 Å². The minimum atomic E-state index is -0.499. The maximum absolute atomic E-state index is 11.6. The predicted octanol–water partition coefficient (Wildman–Crippen LogP) is 0.0450. The van der Waals surface area contributed by atoms with E-state index in [4.69, 9.17) is 17.3 Å². The SMILES string of the molecule is CC1C(=O)NC(=O)CN1c1nccc(CN)c1Cl. The first-order chi connectivity index (χ1) is 8.54. The van der Waals surface area contributed by atoms with Gasteiger partial charge in [-0.2, -0.15) is 0 Å². The molecular formula is C11H13ClN4O2. The Bertz CT molecular complexity index is 506. The molecule has 3 N–H and O–H groups in total. The highest BCUT2D eigenvalue weighted by atomic mass is 35.5. The second-order valence-electron chi connectivity index (χ2n) is 4.03. The number of piperazine rings is 1. The van der Waals surface area contributed by atoms with E-state index in [1.807, 2.05) is 0 Å². The van der Waals surface area contributed by atoms with Crippen LogP contribution < -0.4 is 16.0 Å². The molecule has 1 unspecified atom stereocenters. The number of pyridine rings is 1. The molecule has 18 heavy (non-hydrogen) atoms. The average Bonchev–Trinajstić information content (AvgIpc) is 2.34. The molecule has 1 atom stereocenters. The Morgan fingerprint density at radius 1 is 1.61 bits per heavy atom. The largest absolute Gasteiger partial charge is 0.334 e. The second-order valence-corrected chi connectivity index (χ2v) is 4.41. The van der Waals surface area contributed by atoms with Crippen LogP contribution >= 0.6 is 11.6 Å². The van der Waals surface area contributed by atoms with Crippen LogP contribution in [0.15, 0.2) is 12.3 Å². The van der Waals surface area contributed by atoms with Gasteiger partial charge in [0, 0.05) is 12.7 Å². The van der Waals surface area contributed by atoms with Crippen LogP contribution in [0, 0.1) is 0 Å². The zero-order valence-corrected chi connectivity index (χ0v) is 10.6. The van der Waals surface area contributed by atoms with Gasteiger partial charge in [0.05, 0.1) is 11.6 Å². The fraction of sp³-hybridized carbons (Fsp3) is 0.364. The number of amides is 2. The van der Waals surface area contributed by atoms with Crippen molar-refractivity contribution in [2.45, 2.75) is 19.5 Å². The topological polar surface area (TPSA) is 88.3 Å². The number of carbonyl (C=O) groups is 2. The van der Waals surface area contributed by atoms with Crippen LogP contribution in [0.2, 0.25) is 5.02 Å². The van der Waals surface area contributed by atoms with E-state index in [2.05, 4.69) is 10.3 Å². The normalized spacial score (nSPS) is 19.9. The van der Waals surface area contributed by atoms with Gasteiger partial charge in [-0.3, -0.25) is 14.9 Å². The van der Waals surface area contributed by atoms with E-state index in [1.165, 1.54) is 0 Å². The third kappa shape index (κ3) is 2.16. The number of nitrogens with zero attached hydrogens (tertiary/aromatic N) is 2. The van der Waals surface area contributed by atoms with Crippen molar-refractivity contribution < 1.29 is 9.59 Å². The number of nitrogens with one attached hydrogen (secondary N) is 1. The molecule has 1 aromatic heterocycles. The lowest BCUT2D eigenvalue weighted by Gasteiger charge is -2.33. The summed E-state index contributed by atoms with van der Waals surface area (Å²) in [7, 11) is 0. The predicted molar refractivity (Wildman–Crippen MR) is 67.1 cm³/mol. The molecule has 0 bridgehead atoms. The summed E-state index contributed by atoms with van der Waals surface area (Å²) in [6, 6.07) is 1.21. The first-order valence-electron chi connectivity index (χ1n) is 5.48. The second kappa shape index (κ2) is 4.91. The van der Waals surface area contributed by atoms with Gasteiger partial charge in [0.25, 0.3) is 0 Å². The molecule has 0 aromatic carbocycles. The number of hydrogen-bond acceptors (Lipinski definition) is 5. The lowest BCUT2D eigenvalue weighted by atomic mass is 10.1. The molecule has 0 saturated carbocycles. The number of anilines is 1. The third-order valence-corrected chi connectivity index (χ3v) is 3.28. The summed E-state index contributed by atoms with van der Waals surface area (Å²) in [5.41, 5.74) is 6.29. The Hall–Kier alpha value is -1.66. The van der Waals surface area contributed by atoms with Crippen molar-refractivity contribution in [2.24, 2.45) is 5.73 Å². The summed E-state index contributed by atoms with van der Waals surface area (Å²) in [5.74, 6) is -0.313. The molecule has 1 aromatic rings. The molecule has 2 amide bonds.